The van der Waals surface area contributed by atoms with Crippen molar-refractivity contribution in [1.82, 2.24) is 14.2 Å². The third-order valence-corrected chi connectivity index (χ3v) is 7.69. The summed E-state index contributed by atoms with van der Waals surface area (Å²) in [4.78, 5) is 12.6. The number of nitrogens with zero attached hydrogens (tertiary/aromatic N) is 2. The predicted molar refractivity (Wildman–Crippen MR) is 103 cm³/mol. The maximum atomic E-state index is 12.8. The lowest BCUT2D eigenvalue weighted by atomic mass is 10.00. The Kier molecular flexibility index (Phi) is 6.60. The Morgan fingerprint density at radius 1 is 1.22 bits per heavy atom. The number of carbonyl (C=O) groups is 1. The normalized spacial score (nSPS) is 24.2. The Hall–Kier alpha value is -1.38. The van der Waals surface area contributed by atoms with E-state index in [9.17, 15) is 18.3 Å². The molecule has 0 bridgehead atoms. The maximum absolute atomic E-state index is 12.8. The van der Waals surface area contributed by atoms with Gasteiger partial charge in [0.25, 0.3) is 5.91 Å². The van der Waals surface area contributed by atoms with Crippen molar-refractivity contribution in [2.45, 2.75) is 62.4 Å². The summed E-state index contributed by atoms with van der Waals surface area (Å²) in [6.07, 6.45) is 8.90. The molecule has 152 valence electrons. The summed E-state index contributed by atoms with van der Waals surface area (Å²) >= 11 is 0. The Morgan fingerprint density at radius 2 is 1.96 bits per heavy atom. The summed E-state index contributed by atoms with van der Waals surface area (Å²) in [5.74, 6) is 0.0859. The van der Waals surface area contributed by atoms with Crippen LogP contribution >= 0.6 is 0 Å². The lowest BCUT2D eigenvalue weighted by Crippen LogP contribution is -2.35. The van der Waals surface area contributed by atoms with Crippen molar-refractivity contribution >= 4 is 15.9 Å². The van der Waals surface area contributed by atoms with Crippen LogP contribution in [0.25, 0.3) is 0 Å². The third-order valence-electron chi connectivity index (χ3n) is 5.82. The molecule has 2 N–H and O–H groups in total. The van der Waals surface area contributed by atoms with E-state index in [1.807, 2.05) is 0 Å². The van der Waals surface area contributed by atoms with E-state index in [0.29, 0.717) is 31.2 Å². The number of amides is 1. The largest absolute Gasteiger partial charge is 0.393 e. The van der Waals surface area contributed by atoms with Crippen molar-refractivity contribution in [3.8, 4) is 0 Å². The fourth-order valence-corrected chi connectivity index (χ4v) is 5.76. The van der Waals surface area contributed by atoms with Gasteiger partial charge in [0.2, 0.25) is 10.0 Å². The number of hydrogen-bond acceptors (Lipinski definition) is 4. The molecule has 2 atom stereocenters. The van der Waals surface area contributed by atoms with Crippen LogP contribution < -0.4 is 5.32 Å². The van der Waals surface area contributed by atoms with E-state index in [0.717, 1.165) is 51.4 Å². The summed E-state index contributed by atoms with van der Waals surface area (Å²) in [7, 11) is -1.84. The number of nitrogens with one attached hydrogen (secondary N) is 1. The number of aliphatic hydroxyl groups excluding tert-OH is 1. The van der Waals surface area contributed by atoms with E-state index in [-0.39, 0.29) is 16.9 Å². The molecule has 0 aromatic carbocycles. The van der Waals surface area contributed by atoms with Crippen LogP contribution in [0.5, 0.6) is 0 Å². The quantitative estimate of drug-likeness (QED) is 0.687. The molecule has 1 aliphatic carbocycles. The van der Waals surface area contributed by atoms with Gasteiger partial charge in [0, 0.05) is 32.9 Å². The highest BCUT2D eigenvalue weighted by Gasteiger charge is 2.28. The van der Waals surface area contributed by atoms with Gasteiger partial charge in [-0.15, -0.1) is 0 Å². The van der Waals surface area contributed by atoms with Crippen LogP contribution in [0.1, 0.15) is 61.9 Å². The van der Waals surface area contributed by atoms with E-state index >= 15 is 0 Å². The van der Waals surface area contributed by atoms with Crippen molar-refractivity contribution in [2.75, 3.05) is 19.6 Å². The van der Waals surface area contributed by atoms with Gasteiger partial charge in [-0.3, -0.25) is 4.79 Å². The molecule has 2 aliphatic rings. The van der Waals surface area contributed by atoms with Gasteiger partial charge in [0.1, 0.15) is 10.6 Å². The number of hydrogen-bond donors (Lipinski definition) is 2. The molecular formula is C19H31N3O4S. The fraction of sp³-hybridized carbons (Fsp3) is 0.737. The van der Waals surface area contributed by atoms with Gasteiger partial charge in [-0.1, -0.05) is 12.8 Å². The lowest BCUT2D eigenvalue weighted by molar-refractivity contribution is 0.0941. The second-order valence-corrected chi connectivity index (χ2v) is 9.73. The van der Waals surface area contributed by atoms with E-state index in [4.69, 9.17) is 0 Å². The third kappa shape index (κ3) is 4.73. The highest BCUT2D eigenvalue weighted by Crippen LogP contribution is 2.29. The smallest absolute Gasteiger partial charge is 0.267 e. The Morgan fingerprint density at radius 3 is 2.63 bits per heavy atom. The highest BCUT2D eigenvalue weighted by atomic mass is 32.2. The SMILES string of the molecule is Cn1cc(S(=O)(=O)N2CCCCC2)cc1C(=O)NCCC[C@@H]1CCC[C@@H]1O. The molecule has 1 aromatic rings. The van der Waals surface area contributed by atoms with E-state index in [1.165, 1.54) is 16.6 Å². The first-order valence-electron chi connectivity index (χ1n) is 10.0. The number of aromatic nitrogens is 1. The van der Waals surface area contributed by atoms with Crippen molar-refractivity contribution in [1.29, 1.82) is 0 Å². The molecule has 3 rings (SSSR count). The molecule has 2 fully saturated rings. The van der Waals surface area contributed by atoms with Gasteiger partial charge in [0.15, 0.2) is 0 Å². The molecular weight excluding hydrogens is 366 g/mol. The van der Waals surface area contributed by atoms with Crippen LogP contribution in [0.4, 0.5) is 0 Å². The van der Waals surface area contributed by atoms with Crippen molar-refractivity contribution < 1.29 is 18.3 Å². The van der Waals surface area contributed by atoms with Crippen LogP contribution in [-0.4, -0.2) is 54.0 Å². The molecule has 1 amide bonds. The molecule has 8 heteroatoms. The lowest BCUT2D eigenvalue weighted by Gasteiger charge is -2.25. The summed E-state index contributed by atoms with van der Waals surface area (Å²) in [5, 5.41) is 12.7. The second kappa shape index (κ2) is 8.75. The Balaban J connectivity index is 1.56. The van der Waals surface area contributed by atoms with E-state index in [2.05, 4.69) is 5.32 Å². The second-order valence-electron chi connectivity index (χ2n) is 7.79. The van der Waals surface area contributed by atoms with Crippen molar-refractivity contribution in [2.24, 2.45) is 13.0 Å². The van der Waals surface area contributed by atoms with Crippen molar-refractivity contribution in [3.63, 3.8) is 0 Å². The monoisotopic (exact) mass is 397 g/mol. The highest BCUT2D eigenvalue weighted by molar-refractivity contribution is 7.89. The summed E-state index contributed by atoms with van der Waals surface area (Å²) < 4.78 is 28.6. The van der Waals surface area contributed by atoms with Crippen LogP contribution in [0, 0.1) is 5.92 Å². The summed E-state index contributed by atoms with van der Waals surface area (Å²) in [5.41, 5.74) is 0.353. The number of rotatable bonds is 7. The van der Waals surface area contributed by atoms with Gasteiger partial charge in [-0.25, -0.2) is 8.42 Å². The van der Waals surface area contributed by atoms with Gasteiger partial charge < -0.3 is 15.0 Å². The van der Waals surface area contributed by atoms with Gasteiger partial charge in [-0.05, 0) is 50.5 Å². The molecule has 1 saturated carbocycles. The number of aliphatic hydroxyl groups is 1. The molecule has 1 aliphatic heterocycles. The zero-order valence-electron chi connectivity index (χ0n) is 16.1. The van der Waals surface area contributed by atoms with Crippen LogP contribution in [0.3, 0.4) is 0 Å². The zero-order valence-corrected chi connectivity index (χ0v) is 16.9. The average molecular weight is 398 g/mol. The maximum Gasteiger partial charge on any atom is 0.267 e. The number of carbonyl (C=O) groups excluding carboxylic acids is 1. The molecule has 0 radical (unpaired) electrons. The van der Waals surface area contributed by atoms with Gasteiger partial charge in [0.05, 0.1) is 6.10 Å². The van der Waals surface area contributed by atoms with Crippen LogP contribution in [0.2, 0.25) is 0 Å². The van der Waals surface area contributed by atoms with E-state index < -0.39 is 10.0 Å². The number of piperidine rings is 1. The topological polar surface area (TPSA) is 91.6 Å². The molecule has 1 aromatic heterocycles. The predicted octanol–water partition coefficient (Wildman–Crippen LogP) is 1.87. The minimum Gasteiger partial charge on any atom is -0.393 e. The van der Waals surface area contributed by atoms with Gasteiger partial charge in [-0.2, -0.15) is 4.31 Å². The first-order chi connectivity index (χ1) is 12.9. The molecule has 27 heavy (non-hydrogen) atoms. The molecule has 7 nitrogen and oxygen atoms in total. The fourth-order valence-electron chi connectivity index (χ4n) is 4.17. The average Bonchev–Trinajstić information content (AvgIpc) is 3.25. The number of sulfonamides is 1. The minimum absolute atomic E-state index is 0.186. The standard InChI is InChI=1S/C19H31N3O4S/c1-21-14-16(27(25,26)22-11-3-2-4-12-22)13-17(21)19(24)20-10-6-8-15-7-5-9-18(15)23/h13-15,18,23H,2-12H2,1H3,(H,20,24)/t15-,18-/m0/s1. The van der Waals surface area contributed by atoms with E-state index in [1.54, 1.807) is 11.6 Å². The Bertz CT molecular complexity index is 753. The summed E-state index contributed by atoms with van der Waals surface area (Å²) in [6.45, 7) is 1.62. The van der Waals surface area contributed by atoms with Gasteiger partial charge >= 0.3 is 0 Å². The molecule has 0 spiro atoms. The minimum atomic E-state index is -3.53. The zero-order chi connectivity index (χ0) is 19.4. The first-order valence-corrected chi connectivity index (χ1v) is 11.5. The summed E-state index contributed by atoms with van der Waals surface area (Å²) in [6, 6.07) is 1.47. The first kappa shape index (κ1) is 20.4. The molecule has 1 saturated heterocycles. The molecule has 2 heterocycles. The van der Waals surface area contributed by atoms with Crippen LogP contribution in [-0.2, 0) is 17.1 Å². The Labute approximate surface area is 161 Å². The van der Waals surface area contributed by atoms with Crippen LogP contribution in [0.15, 0.2) is 17.2 Å². The van der Waals surface area contributed by atoms with Crippen molar-refractivity contribution in [3.05, 3.63) is 18.0 Å². The number of aryl methyl sites for hydroxylation is 1. The molecule has 0 unspecified atom stereocenters.